The lowest BCUT2D eigenvalue weighted by Crippen LogP contribution is -1.87. The third kappa shape index (κ3) is 1.39. The van der Waals surface area contributed by atoms with Crippen LogP contribution in [0.1, 0.15) is 5.69 Å². The van der Waals surface area contributed by atoms with Gasteiger partial charge in [-0.3, -0.25) is 4.40 Å². The van der Waals surface area contributed by atoms with Crippen LogP contribution in [0, 0.1) is 6.92 Å². The van der Waals surface area contributed by atoms with Crippen LogP contribution in [-0.2, 0) is 0 Å². The molecule has 0 amide bonds. The van der Waals surface area contributed by atoms with Gasteiger partial charge in [-0.2, -0.15) is 0 Å². The van der Waals surface area contributed by atoms with Gasteiger partial charge in [0.25, 0.3) is 0 Å². The molecule has 0 aliphatic heterocycles. The van der Waals surface area contributed by atoms with E-state index in [-0.39, 0.29) is 0 Å². The Bertz CT molecular complexity index is 651. The average molecular weight is 229 g/mol. The third-order valence-corrected chi connectivity index (χ3v) is 3.35. The second-order valence-electron chi connectivity index (χ2n) is 3.78. The Morgan fingerprint density at radius 3 is 3.06 bits per heavy atom. The summed E-state index contributed by atoms with van der Waals surface area (Å²) in [5.41, 5.74) is 9.89. The molecule has 0 aliphatic carbocycles. The summed E-state index contributed by atoms with van der Waals surface area (Å²) in [6.45, 7) is 2.00. The number of aryl methyl sites for hydroxylation is 1. The summed E-state index contributed by atoms with van der Waals surface area (Å²) in [6.07, 6.45) is 2.05. The third-order valence-electron chi connectivity index (χ3n) is 2.51. The van der Waals surface area contributed by atoms with Gasteiger partial charge < -0.3 is 5.73 Å². The highest BCUT2D eigenvalue weighted by Gasteiger charge is 2.07. The fourth-order valence-electron chi connectivity index (χ4n) is 1.80. The maximum Gasteiger partial charge on any atom is 0.194 e. The molecule has 1 aromatic carbocycles. The number of anilines is 1. The molecule has 2 heterocycles. The van der Waals surface area contributed by atoms with E-state index in [1.807, 2.05) is 31.3 Å². The van der Waals surface area contributed by atoms with Crippen LogP contribution in [0.4, 0.5) is 5.69 Å². The van der Waals surface area contributed by atoms with E-state index >= 15 is 0 Å². The van der Waals surface area contributed by atoms with Crippen LogP contribution < -0.4 is 5.73 Å². The molecule has 0 fully saturated rings. The van der Waals surface area contributed by atoms with E-state index in [9.17, 15) is 0 Å². The highest BCUT2D eigenvalue weighted by Crippen LogP contribution is 2.27. The van der Waals surface area contributed by atoms with Crippen molar-refractivity contribution in [3.8, 4) is 11.3 Å². The van der Waals surface area contributed by atoms with E-state index in [1.165, 1.54) is 0 Å². The van der Waals surface area contributed by atoms with Gasteiger partial charge in [0.05, 0.1) is 11.4 Å². The van der Waals surface area contributed by atoms with Crippen molar-refractivity contribution in [3.63, 3.8) is 0 Å². The Hall–Kier alpha value is -1.81. The lowest BCUT2D eigenvalue weighted by molar-refractivity contribution is 1.23. The molecule has 0 unspecified atom stereocenters. The molecular weight excluding hydrogens is 218 g/mol. The second kappa shape index (κ2) is 3.35. The van der Waals surface area contributed by atoms with Gasteiger partial charge in [-0.1, -0.05) is 12.1 Å². The summed E-state index contributed by atoms with van der Waals surface area (Å²) in [5, 5.41) is 2.11. The van der Waals surface area contributed by atoms with Crippen LogP contribution in [0.5, 0.6) is 0 Å². The number of hydrogen-bond donors (Lipinski definition) is 1. The largest absolute Gasteiger partial charge is 0.399 e. The molecule has 0 radical (unpaired) electrons. The summed E-state index contributed by atoms with van der Waals surface area (Å²) in [5.74, 6) is 0. The molecule has 0 saturated heterocycles. The molecule has 3 aromatic rings. The average Bonchev–Trinajstić information content (AvgIpc) is 2.76. The lowest BCUT2D eigenvalue weighted by atomic mass is 10.1. The molecule has 2 N–H and O–H groups in total. The number of nitrogen functional groups attached to an aromatic ring is 1. The molecule has 0 bridgehead atoms. The summed E-state index contributed by atoms with van der Waals surface area (Å²) in [7, 11) is 0. The van der Waals surface area contributed by atoms with Crippen LogP contribution in [0.15, 0.2) is 35.8 Å². The predicted molar refractivity (Wildman–Crippen MR) is 67.7 cm³/mol. The molecule has 3 nitrogen and oxygen atoms in total. The summed E-state index contributed by atoms with van der Waals surface area (Å²) < 4.78 is 2.11. The highest BCUT2D eigenvalue weighted by atomic mass is 32.1. The smallest absolute Gasteiger partial charge is 0.194 e. The topological polar surface area (TPSA) is 43.3 Å². The van der Waals surface area contributed by atoms with Crippen molar-refractivity contribution in [1.29, 1.82) is 0 Å². The van der Waals surface area contributed by atoms with Crippen LogP contribution in [0.2, 0.25) is 0 Å². The van der Waals surface area contributed by atoms with E-state index in [1.54, 1.807) is 11.3 Å². The second-order valence-corrected chi connectivity index (χ2v) is 4.62. The minimum atomic E-state index is 0.786. The number of aromatic nitrogens is 2. The maximum absolute atomic E-state index is 5.79. The van der Waals surface area contributed by atoms with Crippen LogP contribution in [0.25, 0.3) is 16.2 Å². The zero-order chi connectivity index (χ0) is 11.1. The van der Waals surface area contributed by atoms with Crippen LogP contribution >= 0.6 is 11.3 Å². The highest BCUT2D eigenvalue weighted by molar-refractivity contribution is 7.15. The number of benzene rings is 1. The van der Waals surface area contributed by atoms with E-state index in [4.69, 9.17) is 5.73 Å². The predicted octanol–water partition coefficient (Wildman–Crippen LogP) is 2.95. The number of thiazole rings is 1. The minimum Gasteiger partial charge on any atom is -0.399 e. The Kier molecular flexibility index (Phi) is 1.97. The van der Waals surface area contributed by atoms with Crippen molar-refractivity contribution in [3.05, 3.63) is 41.5 Å². The van der Waals surface area contributed by atoms with Crippen LogP contribution in [-0.4, -0.2) is 9.38 Å². The van der Waals surface area contributed by atoms with Gasteiger partial charge in [0.15, 0.2) is 4.96 Å². The number of nitrogens with zero attached hydrogens (tertiary/aromatic N) is 2. The molecule has 2 aromatic heterocycles. The van der Waals surface area contributed by atoms with Crippen molar-refractivity contribution in [2.75, 3.05) is 5.73 Å². The molecule has 16 heavy (non-hydrogen) atoms. The van der Waals surface area contributed by atoms with E-state index in [0.717, 1.165) is 27.6 Å². The Balaban J connectivity index is 2.25. The Morgan fingerprint density at radius 2 is 2.25 bits per heavy atom. The number of nitrogens with two attached hydrogens (primary N) is 1. The molecule has 0 atom stereocenters. The van der Waals surface area contributed by atoms with E-state index in [0.29, 0.717) is 0 Å². The Labute approximate surface area is 97.2 Å². The first-order valence-electron chi connectivity index (χ1n) is 5.03. The van der Waals surface area contributed by atoms with Gasteiger partial charge in [0.1, 0.15) is 0 Å². The zero-order valence-corrected chi connectivity index (χ0v) is 9.66. The van der Waals surface area contributed by atoms with E-state index in [2.05, 4.69) is 20.8 Å². The first kappa shape index (κ1) is 9.42. The molecule has 0 spiro atoms. The molecule has 80 valence electrons. The SMILES string of the molecule is Cc1cn2c(-c3cccc(N)c3)csc2n1. The first-order valence-corrected chi connectivity index (χ1v) is 5.91. The van der Waals surface area contributed by atoms with Gasteiger partial charge in [-0.15, -0.1) is 11.3 Å². The van der Waals surface area contributed by atoms with Crippen LogP contribution in [0.3, 0.4) is 0 Å². The zero-order valence-electron chi connectivity index (χ0n) is 8.84. The van der Waals surface area contributed by atoms with E-state index < -0.39 is 0 Å². The Morgan fingerprint density at radius 1 is 1.38 bits per heavy atom. The van der Waals surface area contributed by atoms with Gasteiger partial charge in [-0.25, -0.2) is 4.98 Å². The normalized spacial score (nSPS) is 11.1. The van der Waals surface area contributed by atoms with Gasteiger partial charge in [0, 0.05) is 22.8 Å². The molecule has 3 rings (SSSR count). The number of rotatable bonds is 1. The minimum absolute atomic E-state index is 0.786. The fraction of sp³-hybridized carbons (Fsp3) is 0.0833. The van der Waals surface area contributed by atoms with Gasteiger partial charge in [0.2, 0.25) is 0 Å². The summed E-state index contributed by atoms with van der Waals surface area (Å²) >= 11 is 1.65. The number of fused-ring (bicyclic) bond motifs is 1. The van der Waals surface area contributed by atoms with Gasteiger partial charge in [-0.05, 0) is 19.1 Å². The summed E-state index contributed by atoms with van der Waals surface area (Å²) in [4.78, 5) is 5.46. The lowest BCUT2D eigenvalue weighted by Gasteiger charge is -2.00. The van der Waals surface area contributed by atoms with Crippen molar-refractivity contribution >= 4 is 22.0 Å². The van der Waals surface area contributed by atoms with Crippen molar-refractivity contribution in [2.24, 2.45) is 0 Å². The molecule has 4 heteroatoms. The maximum atomic E-state index is 5.79. The van der Waals surface area contributed by atoms with Gasteiger partial charge >= 0.3 is 0 Å². The van der Waals surface area contributed by atoms with Crippen molar-refractivity contribution < 1.29 is 0 Å². The summed E-state index contributed by atoms with van der Waals surface area (Å²) in [6, 6.07) is 7.91. The number of imidazole rings is 1. The first-order chi connectivity index (χ1) is 7.74. The molecular formula is C12H11N3S. The molecule has 0 aliphatic rings. The van der Waals surface area contributed by atoms with Crippen molar-refractivity contribution in [2.45, 2.75) is 6.92 Å². The monoisotopic (exact) mass is 229 g/mol. The fourth-order valence-corrected chi connectivity index (χ4v) is 2.73. The standard InChI is InChI=1S/C12H11N3S/c1-8-6-15-11(7-16-12(15)14-8)9-3-2-4-10(13)5-9/h2-7H,13H2,1H3. The quantitative estimate of drug-likeness (QED) is 0.652. The number of hydrogen-bond acceptors (Lipinski definition) is 3. The molecule has 0 saturated carbocycles. The van der Waals surface area contributed by atoms with Crippen molar-refractivity contribution in [1.82, 2.24) is 9.38 Å².